The maximum absolute atomic E-state index is 13.0. The second kappa shape index (κ2) is 7.85. The van der Waals surface area contributed by atoms with Crippen LogP contribution >= 0.6 is 0 Å². The van der Waals surface area contributed by atoms with E-state index in [0.29, 0.717) is 31.7 Å². The number of sulfonamides is 1. The number of hydrogen-bond acceptors (Lipinski definition) is 5. The van der Waals surface area contributed by atoms with Crippen molar-refractivity contribution in [1.82, 2.24) is 9.62 Å². The first-order valence-electron chi connectivity index (χ1n) is 7.94. The lowest BCUT2D eigenvalue weighted by Gasteiger charge is -2.31. The fourth-order valence-corrected chi connectivity index (χ4v) is 4.51. The molecule has 1 heterocycles. The Bertz CT molecular complexity index is 690. The van der Waals surface area contributed by atoms with E-state index in [1.165, 1.54) is 24.6 Å². The first kappa shape index (κ1) is 18.5. The molecule has 0 bridgehead atoms. The van der Waals surface area contributed by atoms with Crippen molar-refractivity contribution in [2.75, 3.05) is 33.9 Å². The van der Waals surface area contributed by atoms with Crippen LogP contribution in [-0.4, -0.2) is 52.5 Å². The SMILES string of the molecule is CCNC(=O)[C@@H]1CCCN(S(=O)(=O)c2cc(OC)ccc2OC)C1. The van der Waals surface area contributed by atoms with Crippen molar-refractivity contribution in [3.8, 4) is 11.5 Å². The van der Waals surface area contributed by atoms with Gasteiger partial charge < -0.3 is 14.8 Å². The molecule has 1 aliphatic heterocycles. The summed E-state index contributed by atoms with van der Waals surface area (Å²) in [4.78, 5) is 12.1. The molecule has 1 N–H and O–H groups in total. The van der Waals surface area contributed by atoms with Gasteiger partial charge in [-0.05, 0) is 31.9 Å². The number of carbonyl (C=O) groups excluding carboxylic acids is 1. The summed E-state index contributed by atoms with van der Waals surface area (Å²) in [5, 5.41) is 2.76. The molecule has 1 aromatic carbocycles. The van der Waals surface area contributed by atoms with E-state index in [2.05, 4.69) is 5.32 Å². The Morgan fingerprint density at radius 2 is 2.08 bits per heavy atom. The standard InChI is InChI=1S/C16H24N2O5S/c1-4-17-16(19)12-6-5-9-18(11-12)24(20,21)15-10-13(22-2)7-8-14(15)23-3/h7-8,10,12H,4-6,9,11H2,1-3H3,(H,17,19)/t12-/m1/s1. The van der Waals surface area contributed by atoms with Crippen molar-refractivity contribution in [1.29, 1.82) is 0 Å². The van der Waals surface area contributed by atoms with Crippen LogP contribution in [0.25, 0.3) is 0 Å². The van der Waals surface area contributed by atoms with Gasteiger partial charge in [0, 0.05) is 25.7 Å². The Morgan fingerprint density at radius 1 is 1.33 bits per heavy atom. The number of piperidine rings is 1. The predicted octanol–water partition coefficient (Wildman–Crippen LogP) is 1.24. The van der Waals surface area contributed by atoms with Gasteiger partial charge in [-0.2, -0.15) is 4.31 Å². The van der Waals surface area contributed by atoms with Crippen molar-refractivity contribution in [3.63, 3.8) is 0 Å². The summed E-state index contributed by atoms with van der Waals surface area (Å²) in [5.74, 6) is 0.266. The number of rotatable bonds is 6. The molecule has 1 atom stereocenters. The lowest BCUT2D eigenvalue weighted by Crippen LogP contribution is -2.45. The highest BCUT2D eigenvalue weighted by atomic mass is 32.2. The fourth-order valence-electron chi connectivity index (χ4n) is 2.82. The summed E-state index contributed by atoms with van der Waals surface area (Å²) in [5.41, 5.74) is 0. The summed E-state index contributed by atoms with van der Waals surface area (Å²) in [7, 11) is -0.869. The molecule has 0 saturated carbocycles. The molecule has 0 unspecified atom stereocenters. The quantitative estimate of drug-likeness (QED) is 0.829. The van der Waals surface area contributed by atoms with Gasteiger partial charge in [0.2, 0.25) is 15.9 Å². The van der Waals surface area contributed by atoms with Crippen LogP contribution in [0.3, 0.4) is 0 Å². The molecule has 0 aromatic heterocycles. The van der Waals surface area contributed by atoms with Gasteiger partial charge in [-0.1, -0.05) is 0 Å². The summed E-state index contributed by atoms with van der Waals surface area (Å²) in [6.07, 6.45) is 1.33. The number of nitrogens with zero attached hydrogens (tertiary/aromatic N) is 1. The van der Waals surface area contributed by atoms with Crippen molar-refractivity contribution in [2.24, 2.45) is 5.92 Å². The molecule has 0 spiro atoms. The first-order chi connectivity index (χ1) is 11.4. The molecule has 8 heteroatoms. The van der Waals surface area contributed by atoms with Crippen LogP contribution in [0.5, 0.6) is 11.5 Å². The van der Waals surface area contributed by atoms with Crippen LogP contribution in [0.1, 0.15) is 19.8 Å². The van der Waals surface area contributed by atoms with Crippen LogP contribution in [0.15, 0.2) is 23.1 Å². The summed E-state index contributed by atoms with van der Waals surface area (Å²) >= 11 is 0. The Balaban J connectivity index is 2.31. The highest BCUT2D eigenvalue weighted by molar-refractivity contribution is 7.89. The molecule has 1 amide bonds. The Hall–Kier alpha value is -1.80. The van der Waals surface area contributed by atoms with Gasteiger partial charge in [0.1, 0.15) is 16.4 Å². The Labute approximate surface area is 143 Å². The highest BCUT2D eigenvalue weighted by Crippen LogP contribution is 2.32. The molecule has 24 heavy (non-hydrogen) atoms. The second-order valence-corrected chi connectivity index (χ2v) is 7.52. The van der Waals surface area contributed by atoms with Gasteiger partial charge in [0.15, 0.2) is 0 Å². The summed E-state index contributed by atoms with van der Waals surface area (Å²) < 4.78 is 37.7. The number of nitrogens with one attached hydrogen (secondary N) is 1. The van der Waals surface area contributed by atoms with E-state index in [-0.39, 0.29) is 29.0 Å². The molecule has 1 saturated heterocycles. The van der Waals surface area contributed by atoms with E-state index in [0.717, 1.165) is 0 Å². The molecule has 0 aliphatic carbocycles. The molecule has 7 nitrogen and oxygen atoms in total. The van der Waals surface area contributed by atoms with E-state index in [1.54, 1.807) is 12.1 Å². The van der Waals surface area contributed by atoms with Crippen molar-refractivity contribution in [3.05, 3.63) is 18.2 Å². The largest absolute Gasteiger partial charge is 0.497 e. The third-order valence-electron chi connectivity index (χ3n) is 4.09. The average Bonchev–Trinajstić information content (AvgIpc) is 2.61. The summed E-state index contributed by atoms with van der Waals surface area (Å²) in [6.45, 7) is 2.94. The predicted molar refractivity (Wildman–Crippen MR) is 89.7 cm³/mol. The van der Waals surface area contributed by atoms with Crippen molar-refractivity contribution >= 4 is 15.9 Å². The third kappa shape index (κ3) is 3.81. The highest BCUT2D eigenvalue weighted by Gasteiger charge is 2.34. The maximum Gasteiger partial charge on any atom is 0.246 e. The Morgan fingerprint density at radius 3 is 2.71 bits per heavy atom. The molecule has 0 radical (unpaired) electrons. The van der Waals surface area contributed by atoms with Gasteiger partial charge in [-0.15, -0.1) is 0 Å². The average molecular weight is 356 g/mol. The van der Waals surface area contributed by atoms with Crippen molar-refractivity contribution < 1.29 is 22.7 Å². The normalized spacial score (nSPS) is 18.9. The van der Waals surface area contributed by atoms with Crippen LogP contribution in [0, 0.1) is 5.92 Å². The van der Waals surface area contributed by atoms with E-state index in [1.807, 2.05) is 6.92 Å². The topological polar surface area (TPSA) is 84.9 Å². The molecular weight excluding hydrogens is 332 g/mol. The first-order valence-corrected chi connectivity index (χ1v) is 9.38. The number of methoxy groups -OCH3 is 2. The molecule has 1 aliphatic rings. The molecular formula is C16H24N2O5S. The monoisotopic (exact) mass is 356 g/mol. The van der Waals surface area contributed by atoms with Crippen LogP contribution in [-0.2, 0) is 14.8 Å². The molecule has 134 valence electrons. The molecule has 2 rings (SSSR count). The molecule has 1 fully saturated rings. The van der Waals surface area contributed by atoms with Gasteiger partial charge in [-0.3, -0.25) is 4.79 Å². The van der Waals surface area contributed by atoms with Crippen LogP contribution < -0.4 is 14.8 Å². The lowest BCUT2D eigenvalue weighted by atomic mass is 9.99. The van der Waals surface area contributed by atoms with Gasteiger partial charge >= 0.3 is 0 Å². The van der Waals surface area contributed by atoms with Crippen molar-refractivity contribution in [2.45, 2.75) is 24.7 Å². The number of hydrogen-bond donors (Lipinski definition) is 1. The number of ether oxygens (including phenoxy) is 2. The zero-order chi connectivity index (χ0) is 17.7. The fraction of sp³-hybridized carbons (Fsp3) is 0.562. The lowest BCUT2D eigenvalue weighted by molar-refractivity contribution is -0.125. The minimum absolute atomic E-state index is 0.0564. The minimum Gasteiger partial charge on any atom is -0.497 e. The van der Waals surface area contributed by atoms with E-state index in [4.69, 9.17) is 9.47 Å². The zero-order valence-electron chi connectivity index (χ0n) is 14.2. The number of carbonyl (C=O) groups is 1. The van der Waals surface area contributed by atoms with E-state index < -0.39 is 10.0 Å². The van der Waals surface area contributed by atoms with E-state index in [9.17, 15) is 13.2 Å². The summed E-state index contributed by atoms with van der Waals surface area (Å²) in [6, 6.07) is 4.66. The van der Waals surface area contributed by atoms with Crippen LogP contribution in [0.2, 0.25) is 0 Å². The van der Waals surface area contributed by atoms with Gasteiger partial charge in [0.25, 0.3) is 0 Å². The third-order valence-corrected chi connectivity index (χ3v) is 5.98. The number of amides is 1. The maximum atomic E-state index is 13.0. The van der Waals surface area contributed by atoms with Crippen LogP contribution in [0.4, 0.5) is 0 Å². The second-order valence-electron chi connectivity index (χ2n) is 5.61. The van der Waals surface area contributed by atoms with E-state index >= 15 is 0 Å². The van der Waals surface area contributed by atoms with Gasteiger partial charge in [-0.25, -0.2) is 8.42 Å². The zero-order valence-corrected chi connectivity index (χ0v) is 15.1. The van der Waals surface area contributed by atoms with Gasteiger partial charge in [0.05, 0.1) is 20.1 Å². The number of benzene rings is 1. The Kier molecular flexibility index (Phi) is 6.06. The molecule has 1 aromatic rings. The smallest absolute Gasteiger partial charge is 0.246 e. The minimum atomic E-state index is -3.77.